The number of aromatic nitrogens is 3. The Kier molecular flexibility index (Phi) is 3.74. The lowest BCUT2D eigenvalue weighted by atomic mass is 9.96. The van der Waals surface area contributed by atoms with E-state index in [1.807, 2.05) is 36.2 Å². The van der Waals surface area contributed by atoms with Crippen LogP contribution in [0.1, 0.15) is 11.1 Å². The van der Waals surface area contributed by atoms with Crippen molar-refractivity contribution in [2.75, 3.05) is 6.26 Å². The van der Waals surface area contributed by atoms with E-state index in [1.165, 1.54) is 22.9 Å². The summed E-state index contributed by atoms with van der Waals surface area (Å²) in [5, 5.41) is 10.2. The van der Waals surface area contributed by atoms with Crippen molar-refractivity contribution in [3.63, 3.8) is 0 Å². The molecule has 3 aromatic rings. The number of nitrogens with one attached hydrogen (secondary N) is 1. The van der Waals surface area contributed by atoms with Gasteiger partial charge in [-0.2, -0.15) is 0 Å². The van der Waals surface area contributed by atoms with E-state index in [-0.39, 0.29) is 0 Å². The van der Waals surface area contributed by atoms with Crippen LogP contribution in [0.15, 0.2) is 35.6 Å². The average Bonchev–Trinajstić information content (AvgIpc) is 2.51. The highest BCUT2D eigenvalue weighted by Crippen LogP contribution is 2.26. The Morgan fingerprint density at radius 2 is 1.86 bits per heavy atom. The fourth-order valence-electron chi connectivity index (χ4n) is 2.78. The van der Waals surface area contributed by atoms with Crippen molar-refractivity contribution in [1.82, 2.24) is 14.5 Å². The summed E-state index contributed by atoms with van der Waals surface area (Å²) in [6.07, 6.45) is 3.79. The van der Waals surface area contributed by atoms with Gasteiger partial charge in [-0.25, -0.2) is 9.97 Å². The molecule has 0 atom stereocenters. The number of thioether (sulfide) groups is 1. The summed E-state index contributed by atoms with van der Waals surface area (Å²) in [6.45, 7) is 4.17. The van der Waals surface area contributed by atoms with E-state index in [0.717, 1.165) is 27.3 Å². The van der Waals surface area contributed by atoms with E-state index in [9.17, 15) is 0 Å². The van der Waals surface area contributed by atoms with Crippen LogP contribution in [0.5, 0.6) is 0 Å². The monoisotopic (exact) mass is 310 g/mol. The molecule has 22 heavy (non-hydrogen) atoms. The predicted molar refractivity (Wildman–Crippen MR) is 91.1 cm³/mol. The van der Waals surface area contributed by atoms with Crippen LogP contribution in [0.2, 0.25) is 0 Å². The van der Waals surface area contributed by atoms with Crippen LogP contribution in [-0.2, 0) is 7.05 Å². The zero-order valence-corrected chi connectivity index (χ0v) is 14.0. The molecule has 0 saturated heterocycles. The second-order valence-electron chi connectivity index (χ2n) is 5.37. The van der Waals surface area contributed by atoms with Gasteiger partial charge in [0.25, 0.3) is 0 Å². The Hall–Kier alpha value is -2.14. The summed E-state index contributed by atoms with van der Waals surface area (Å²) in [4.78, 5) is 8.88. The molecule has 0 aliphatic rings. The van der Waals surface area contributed by atoms with Crippen LogP contribution in [-0.4, -0.2) is 20.8 Å². The van der Waals surface area contributed by atoms with Crippen molar-refractivity contribution < 1.29 is 0 Å². The van der Waals surface area contributed by atoms with E-state index >= 15 is 0 Å². The molecule has 4 nitrogen and oxygen atoms in total. The quantitative estimate of drug-likeness (QED) is 0.582. The lowest BCUT2D eigenvalue weighted by Crippen LogP contribution is -2.20. The Morgan fingerprint density at radius 1 is 1.18 bits per heavy atom. The predicted octanol–water partition coefficient (Wildman–Crippen LogP) is 3.45. The van der Waals surface area contributed by atoms with E-state index in [1.54, 1.807) is 0 Å². The second-order valence-corrected chi connectivity index (χ2v) is 6.14. The largest absolute Gasteiger partial charge is 0.313 e. The number of hydrogen-bond acceptors (Lipinski definition) is 4. The van der Waals surface area contributed by atoms with E-state index in [2.05, 4.69) is 35.9 Å². The number of nitrogens with zero attached hydrogens (tertiary/aromatic N) is 3. The van der Waals surface area contributed by atoms with E-state index < -0.39 is 0 Å². The minimum absolute atomic E-state index is 0.468. The molecule has 0 aliphatic heterocycles. The molecule has 0 amide bonds. The van der Waals surface area contributed by atoms with Gasteiger partial charge in [0.05, 0.1) is 0 Å². The first-order valence-corrected chi connectivity index (χ1v) is 8.27. The van der Waals surface area contributed by atoms with Gasteiger partial charge in [0.15, 0.2) is 5.16 Å². The summed E-state index contributed by atoms with van der Waals surface area (Å²) in [5.74, 6) is 0. The highest BCUT2D eigenvalue weighted by Gasteiger charge is 2.12. The van der Waals surface area contributed by atoms with Crippen molar-refractivity contribution in [2.24, 2.45) is 7.05 Å². The first-order valence-electron chi connectivity index (χ1n) is 7.05. The van der Waals surface area contributed by atoms with Gasteiger partial charge in [0.2, 0.25) is 0 Å². The van der Waals surface area contributed by atoms with Gasteiger partial charge < -0.3 is 4.57 Å². The number of benzene rings is 1. The minimum atomic E-state index is 0.468. The summed E-state index contributed by atoms with van der Waals surface area (Å²) in [5.41, 5.74) is 5.66. The third-order valence-electron chi connectivity index (χ3n) is 3.91. The zero-order valence-electron chi connectivity index (χ0n) is 13.1. The van der Waals surface area contributed by atoms with Gasteiger partial charge in [-0.3, -0.25) is 5.41 Å². The molecule has 0 saturated carbocycles. The van der Waals surface area contributed by atoms with Crippen molar-refractivity contribution >= 4 is 22.8 Å². The number of aryl methyl sites for hydroxylation is 3. The summed E-state index contributed by atoms with van der Waals surface area (Å²) >= 11 is 1.51. The van der Waals surface area contributed by atoms with Crippen molar-refractivity contribution in [2.45, 2.75) is 19.0 Å². The second kappa shape index (κ2) is 5.57. The Balaban J connectivity index is 2.38. The standard InChI is InChI=1S/C17H18N4S/c1-10-6-5-7-11(2)14(10)13-8-12-9-19-17(22-4)20-16(12)21(3)15(13)18/h5-9,18H,1-4H3. The fraction of sp³-hybridized carbons (Fsp3) is 0.235. The first-order chi connectivity index (χ1) is 10.5. The maximum Gasteiger partial charge on any atom is 0.189 e. The molecule has 112 valence electrons. The molecule has 0 spiro atoms. The lowest BCUT2D eigenvalue weighted by Gasteiger charge is -2.14. The van der Waals surface area contributed by atoms with Gasteiger partial charge in [-0.05, 0) is 42.9 Å². The van der Waals surface area contributed by atoms with Gasteiger partial charge >= 0.3 is 0 Å². The topological polar surface area (TPSA) is 54.6 Å². The third-order valence-corrected chi connectivity index (χ3v) is 4.48. The minimum Gasteiger partial charge on any atom is -0.313 e. The highest BCUT2D eigenvalue weighted by atomic mass is 32.2. The molecule has 1 N–H and O–H groups in total. The zero-order chi connectivity index (χ0) is 15.9. The normalized spacial score (nSPS) is 11.1. The molecular formula is C17H18N4S. The molecule has 0 radical (unpaired) electrons. The summed E-state index contributed by atoms with van der Waals surface area (Å²) in [7, 11) is 1.89. The van der Waals surface area contributed by atoms with Crippen LogP contribution in [0, 0.1) is 19.3 Å². The van der Waals surface area contributed by atoms with Crippen molar-refractivity contribution in [1.29, 1.82) is 5.41 Å². The summed E-state index contributed by atoms with van der Waals surface area (Å²) in [6, 6.07) is 8.24. The third kappa shape index (κ3) is 2.31. The fourth-order valence-corrected chi connectivity index (χ4v) is 3.11. The smallest absolute Gasteiger partial charge is 0.189 e. The highest BCUT2D eigenvalue weighted by molar-refractivity contribution is 7.98. The molecule has 2 heterocycles. The van der Waals surface area contributed by atoms with Crippen LogP contribution in [0.4, 0.5) is 0 Å². The average molecular weight is 310 g/mol. The molecule has 1 aromatic carbocycles. The van der Waals surface area contributed by atoms with Gasteiger partial charge in [0, 0.05) is 24.2 Å². The molecular weight excluding hydrogens is 292 g/mol. The number of pyridine rings is 1. The maximum absolute atomic E-state index is 8.53. The van der Waals surface area contributed by atoms with Crippen LogP contribution >= 0.6 is 11.8 Å². The molecule has 0 aliphatic carbocycles. The van der Waals surface area contributed by atoms with Crippen LogP contribution < -0.4 is 5.49 Å². The van der Waals surface area contributed by atoms with Crippen molar-refractivity contribution in [3.8, 4) is 11.1 Å². The SMILES string of the molecule is CSc1ncc2cc(-c3c(C)cccc3C)c(=N)n(C)c2n1. The first kappa shape index (κ1) is 14.8. The maximum atomic E-state index is 8.53. The molecule has 0 bridgehead atoms. The van der Waals surface area contributed by atoms with Crippen molar-refractivity contribution in [3.05, 3.63) is 47.1 Å². The van der Waals surface area contributed by atoms with Gasteiger partial charge in [-0.15, -0.1) is 0 Å². The Morgan fingerprint density at radius 3 is 2.50 bits per heavy atom. The Bertz CT molecular complexity index is 908. The molecule has 0 unspecified atom stereocenters. The van der Waals surface area contributed by atoms with E-state index in [4.69, 9.17) is 5.41 Å². The van der Waals surface area contributed by atoms with Crippen LogP contribution in [0.3, 0.4) is 0 Å². The number of hydrogen-bond donors (Lipinski definition) is 1. The van der Waals surface area contributed by atoms with Crippen LogP contribution in [0.25, 0.3) is 22.2 Å². The number of fused-ring (bicyclic) bond motifs is 1. The number of rotatable bonds is 2. The van der Waals surface area contributed by atoms with Gasteiger partial charge in [-0.1, -0.05) is 30.0 Å². The van der Waals surface area contributed by atoms with E-state index in [0.29, 0.717) is 5.49 Å². The molecule has 5 heteroatoms. The molecule has 3 rings (SSSR count). The summed E-state index contributed by atoms with van der Waals surface area (Å²) < 4.78 is 1.83. The molecule has 2 aromatic heterocycles. The lowest BCUT2D eigenvalue weighted by molar-refractivity contribution is 0.826. The molecule has 0 fully saturated rings. The van der Waals surface area contributed by atoms with Gasteiger partial charge in [0.1, 0.15) is 11.1 Å². The Labute approximate surface area is 133 Å².